The first-order valence-corrected chi connectivity index (χ1v) is 8.60. The highest BCUT2D eigenvalue weighted by Gasteiger charge is 2.10. The van der Waals surface area contributed by atoms with Crippen molar-refractivity contribution >= 4 is 16.9 Å². The molecule has 0 aliphatic rings. The molecule has 0 atom stereocenters. The third-order valence-corrected chi connectivity index (χ3v) is 4.09. The van der Waals surface area contributed by atoms with Gasteiger partial charge in [-0.15, -0.1) is 0 Å². The predicted molar refractivity (Wildman–Crippen MR) is 104 cm³/mol. The summed E-state index contributed by atoms with van der Waals surface area (Å²) in [5.41, 5.74) is 1.72. The monoisotopic (exact) mass is 361 g/mol. The fourth-order valence-corrected chi connectivity index (χ4v) is 2.75. The molecular formula is C20H19N5O2. The average molecular weight is 361 g/mol. The lowest BCUT2D eigenvalue weighted by molar-refractivity contribution is 0.331. The number of hydrogen-bond acceptors (Lipinski definition) is 6. The molecule has 0 saturated heterocycles. The molecule has 0 aliphatic carbocycles. The highest BCUT2D eigenvalue weighted by molar-refractivity contribution is 5.87. The van der Waals surface area contributed by atoms with Crippen LogP contribution in [-0.4, -0.2) is 40.0 Å². The van der Waals surface area contributed by atoms with Crippen molar-refractivity contribution in [3.63, 3.8) is 0 Å². The first-order valence-electron chi connectivity index (χ1n) is 8.60. The number of ether oxygens (including phenoxy) is 2. The van der Waals surface area contributed by atoms with Crippen LogP contribution >= 0.6 is 0 Å². The van der Waals surface area contributed by atoms with E-state index in [1.165, 1.54) is 6.33 Å². The van der Waals surface area contributed by atoms with Crippen LogP contribution in [0.15, 0.2) is 67.1 Å². The second kappa shape index (κ2) is 7.74. The van der Waals surface area contributed by atoms with E-state index < -0.39 is 0 Å². The molecule has 136 valence electrons. The average Bonchev–Trinajstić information content (AvgIpc) is 3.17. The van der Waals surface area contributed by atoms with E-state index >= 15 is 0 Å². The van der Waals surface area contributed by atoms with Crippen molar-refractivity contribution in [2.24, 2.45) is 0 Å². The van der Waals surface area contributed by atoms with Crippen molar-refractivity contribution in [3.8, 4) is 17.2 Å². The van der Waals surface area contributed by atoms with Gasteiger partial charge in [-0.25, -0.2) is 14.6 Å². The summed E-state index contributed by atoms with van der Waals surface area (Å²) in [5, 5.41) is 8.61. The van der Waals surface area contributed by atoms with E-state index in [2.05, 4.69) is 20.4 Å². The van der Waals surface area contributed by atoms with Crippen LogP contribution in [0.5, 0.6) is 11.5 Å². The van der Waals surface area contributed by atoms with Crippen LogP contribution in [0, 0.1) is 0 Å². The van der Waals surface area contributed by atoms with Crippen LogP contribution in [0.25, 0.3) is 16.7 Å². The normalized spacial score (nSPS) is 10.7. The molecule has 0 bridgehead atoms. The summed E-state index contributed by atoms with van der Waals surface area (Å²) in [4.78, 5) is 8.71. The molecule has 2 heterocycles. The molecule has 1 N–H and O–H groups in total. The molecule has 0 saturated carbocycles. The Morgan fingerprint density at radius 1 is 0.963 bits per heavy atom. The van der Waals surface area contributed by atoms with Gasteiger partial charge in [0.25, 0.3) is 0 Å². The molecule has 2 aromatic carbocycles. The predicted octanol–water partition coefficient (Wildman–Crippen LogP) is 3.32. The SMILES string of the molecule is COc1ccc(OCCNc2ncnc3c2cnn3-c2ccccc2)cc1. The third-order valence-electron chi connectivity index (χ3n) is 4.09. The van der Waals surface area contributed by atoms with E-state index in [1.54, 1.807) is 18.0 Å². The van der Waals surface area contributed by atoms with Gasteiger partial charge in [-0.05, 0) is 36.4 Å². The molecule has 0 radical (unpaired) electrons. The van der Waals surface area contributed by atoms with Crippen LogP contribution in [-0.2, 0) is 0 Å². The van der Waals surface area contributed by atoms with Gasteiger partial charge in [-0.1, -0.05) is 18.2 Å². The van der Waals surface area contributed by atoms with Crippen LogP contribution in [0.1, 0.15) is 0 Å². The van der Waals surface area contributed by atoms with E-state index in [0.717, 1.165) is 34.0 Å². The topological polar surface area (TPSA) is 74.1 Å². The lowest BCUT2D eigenvalue weighted by Gasteiger charge is -2.09. The molecule has 0 fully saturated rings. The summed E-state index contributed by atoms with van der Waals surface area (Å²) in [6, 6.07) is 17.4. The van der Waals surface area contributed by atoms with Gasteiger partial charge in [-0.2, -0.15) is 5.10 Å². The molecule has 7 heteroatoms. The lowest BCUT2D eigenvalue weighted by Crippen LogP contribution is -2.12. The van der Waals surface area contributed by atoms with Crippen molar-refractivity contribution in [1.29, 1.82) is 0 Å². The number of methoxy groups -OCH3 is 1. The minimum atomic E-state index is 0.505. The Hall–Kier alpha value is -3.61. The Morgan fingerprint density at radius 3 is 2.52 bits per heavy atom. The van der Waals surface area contributed by atoms with Gasteiger partial charge in [0.1, 0.15) is 30.3 Å². The second-order valence-corrected chi connectivity index (χ2v) is 5.80. The van der Waals surface area contributed by atoms with Crippen molar-refractivity contribution in [3.05, 3.63) is 67.1 Å². The number of nitrogens with zero attached hydrogens (tertiary/aromatic N) is 4. The van der Waals surface area contributed by atoms with Gasteiger partial charge < -0.3 is 14.8 Å². The van der Waals surface area contributed by atoms with Crippen molar-refractivity contribution in [1.82, 2.24) is 19.7 Å². The minimum absolute atomic E-state index is 0.505. The minimum Gasteiger partial charge on any atom is -0.497 e. The van der Waals surface area contributed by atoms with Crippen LogP contribution in [0.4, 0.5) is 5.82 Å². The highest BCUT2D eigenvalue weighted by Crippen LogP contribution is 2.21. The molecule has 2 aromatic heterocycles. The third kappa shape index (κ3) is 3.67. The standard InChI is InChI=1S/C20H19N5O2/c1-26-16-7-9-17(10-8-16)27-12-11-21-19-18-13-24-25(20(18)23-14-22-19)15-5-3-2-4-6-15/h2-10,13-14H,11-12H2,1H3,(H,21,22,23). The number of rotatable bonds is 7. The molecule has 7 nitrogen and oxygen atoms in total. The molecule has 27 heavy (non-hydrogen) atoms. The number of hydrogen-bond donors (Lipinski definition) is 1. The largest absolute Gasteiger partial charge is 0.497 e. The summed E-state index contributed by atoms with van der Waals surface area (Å²) in [7, 11) is 1.64. The molecule has 0 spiro atoms. The van der Waals surface area contributed by atoms with Gasteiger partial charge in [-0.3, -0.25) is 0 Å². The Balaban J connectivity index is 1.42. The smallest absolute Gasteiger partial charge is 0.168 e. The Labute approximate surface area is 156 Å². The van der Waals surface area contributed by atoms with E-state index in [0.29, 0.717) is 13.2 Å². The molecule has 0 aliphatic heterocycles. The van der Waals surface area contributed by atoms with Gasteiger partial charge in [0.15, 0.2) is 5.65 Å². The van der Waals surface area contributed by atoms with Crippen molar-refractivity contribution in [2.45, 2.75) is 0 Å². The van der Waals surface area contributed by atoms with Gasteiger partial charge in [0.2, 0.25) is 0 Å². The van der Waals surface area contributed by atoms with Gasteiger partial charge in [0, 0.05) is 0 Å². The van der Waals surface area contributed by atoms with E-state index in [1.807, 2.05) is 54.6 Å². The maximum absolute atomic E-state index is 5.73. The van der Waals surface area contributed by atoms with Crippen LogP contribution in [0.3, 0.4) is 0 Å². The zero-order valence-electron chi connectivity index (χ0n) is 14.9. The van der Waals surface area contributed by atoms with Crippen molar-refractivity contribution < 1.29 is 9.47 Å². The second-order valence-electron chi connectivity index (χ2n) is 5.80. The van der Waals surface area contributed by atoms with Crippen LogP contribution < -0.4 is 14.8 Å². The highest BCUT2D eigenvalue weighted by atomic mass is 16.5. The Bertz CT molecular complexity index is 1020. The fourth-order valence-electron chi connectivity index (χ4n) is 2.75. The summed E-state index contributed by atoms with van der Waals surface area (Å²) >= 11 is 0. The van der Waals surface area contributed by atoms with E-state index in [9.17, 15) is 0 Å². The summed E-state index contributed by atoms with van der Waals surface area (Å²) in [6.45, 7) is 1.11. The Morgan fingerprint density at radius 2 is 1.74 bits per heavy atom. The zero-order valence-corrected chi connectivity index (χ0v) is 14.9. The lowest BCUT2D eigenvalue weighted by atomic mass is 10.3. The maximum Gasteiger partial charge on any atom is 0.168 e. The maximum atomic E-state index is 5.73. The molecular weight excluding hydrogens is 342 g/mol. The number of aromatic nitrogens is 4. The summed E-state index contributed by atoms with van der Waals surface area (Å²) in [5.74, 6) is 2.34. The molecule has 4 aromatic rings. The van der Waals surface area contributed by atoms with Crippen LogP contribution in [0.2, 0.25) is 0 Å². The first-order chi connectivity index (χ1) is 13.3. The molecule has 0 unspecified atom stereocenters. The van der Waals surface area contributed by atoms with Gasteiger partial charge >= 0.3 is 0 Å². The van der Waals surface area contributed by atoms with Gasteiger partial charge in [0.05, 0.1) is 30.9 Å². The number of para-hydroxylation sites is 1. The Kier molecular flexibility index (Phi) is 4.82. The summed E-state index contributed by atoms with van der Waals surface area (Å²) < 4.78 is 12.7. The number of fused-ring (bicyclic) bond motifs is 1. The first kappa shape index (κ1) is 16.8. The van der Waals surface area contributed by atoms with Crippen molar-refractivity contribution in [2.75, 3.05) is 25.6 Å². The fraction of sp³-hybridized carbons (Fsp3) is 0.150. The number of benzene rings is 2. The molecule has 0 amide bonds. The van der Waals surface area contributed by atoms with E-state index in [4.69, 9.17) is 9.47 Å². The quantitative estimate of drug-likeness (QED) is 0.509. The summed E-state index contributed by atoms with van der Waals surface area (Å²) in [6.07, 6.45) is 3.31. The van der Waals surface area contributed by atoms with E-state index in [-0.39, 0.29) is 0 Å². The number of anilines is 1. The number of nitrogens with one attached hydrogen (secondary N) is 1. The zero-order chi connectivity index (χ0) is 18.5. The molecule has 4 rings (SSSR count).